The van der Waals surface area contributed by atoms with Crippen LogP contribution in [-0.2, 0) is 6.42 Å². The van der Waals surface area contributed by atoms with Crippen LogP contribution in [0, 0.1) is 5.92 Å². The summed E-state index contributed by atoms with van der Waals surface area (Å²) in [5.41, 5.74) is 12.8. The fourth-order valence-corrected chi connectivity index (χ4v) is 3.22. The Morgan fingerprint density at radius 3 is 2.42 bits per heavy atom. The van der Waals surface area contributed by atoms with Crippen LogP contribution >= 0.6 is 0 Å². The SMILES string of the molecule is CN1C(C)(C)CC(Cc2cnc(N)nc2N)C1(C)C. The van der Waals surface area contributed by atoms with Crippen molar-refractivity contribution < 1.29 is 0 Å². The highest BCUT2D eigenvalue weighted by Gasteiger charge is 2.48. The van der Waals surface area contributed by atoms with E-state index >= 15 is 0 Å². The van der Waals surface area contributed by atoms with E-state index in [2.05, 4.69) is 49.6 Å². The maximum atomic E-state index is 5.95. The molecular formula is C14H25N5. The summed E-state index contributed by atoms with van der Waals surface area (Å²) < 4.78 is 0. The highest BCUT2D eigenvalue weighted by Crippen LogP contribution is 2.45. The molecule has 0 saturated carbocycles. The van der Waals surface area contributed by atoms with E-state index in [9.17, 15) is 0 Å². The van der Waals surface area contributed by atoms with Gasteiger partial charge >= 0.3 is 0 Å². The second kappa shape index (κ2) is 4.34. The number of rotatable bonds is 2. The van der Waals surface area contributed by atoms with Gasteiger partial charge in [-0.25, -0.2) is 4.98 Å². The van der Waals surface area contributed by atoms with Crippen LogP contribution in [0.5, 0.6) is 0 Å². The number of aromatic nitrogens is 2. The van der Waals surface area contributed by atoms with Gasteiger partial charge in [0, 0.05) is 22.8 Å². The molecule has 1 saturated heterocycles. The summed E-state index contributed by atoms with van der Waals surface area (Å²) in [7, 11) is 2.20. The van der Waals surface area contributed by atoms with Crippen LogP contribution in [0.3, 0.4) is 0 Å². The van der Waals surface area contributed by atoms with Gasteiger partial charge < -0.3 is 11.5 Å². The summed E-state index contributed by atoms with van der Waals surface area (Å²) in [5, 5.41) is 0. The maximum Gasteiger partial charge on any atom is 0.221 e. The lowest BCUT2D eigenvalue weighted by Gasteiger charge is -2.38. The van der Waals surface area contributed by atoms with Crippen LogP contribution in [0.1, 0.15) is 39.7 Å². The summed E-state index contributed by atoms with van der Waals surface area (Å²) >= 11 is 0. The third-order valence-electron chi connectivity index (χ3n) is 4.90. The molecule has 1 fully saturated rings. The molecule has 1 aliphatic heterocycles. The topological polar surface area (TPSA) is 81.1 Å². The zero-order valence-corrected chi connectivity index (χ0v) is 12.6. The number of nitrogens with two attached hydrogens (primary N) is 2. The lowest BCUT2D eigenvalue weighted by atomic mass is 9.82. The Morgan fingerprint density at radius 1 is 1.32 bits per heavy atom. The minimum Gasteiger partial charge on any atom is -0.383 e. The van der Waals surface area contributed by atoms with Crippen LogP contribution in [-0.4, -0.2) is 33.0 Å². The fourth-order valence-electron chi connectivity index (χ4n) is 3.22. The van der Waals surface area contributed by atoms with Crippen molar-refractivity contribution >= 4 is 11.8 Å². The standard InChI is InChI=1S/C14H25N5/c1-13(2)7-10(14(3,4)19(13)5)6-9-8-17-12(16)18-11(9)15/h8,10H,6-7H2,1-5H3,(H4,15,16,17,18). The van der Waals surface area contributed by atoms with E-state index < -0.39 is 0 Å². The average Bonchev–Trinajstić information content (AvgIpc) is 2.43. The van der Waals surface area contributed by atoms with Crippen molar-refractivity contribution in [1.29, 1.82) is 0 Å². The van der Waals surface area contributed by atoms with E-state index in [1.54, 1.807) is 6.20 Å². The van der Waals surface area contributed by atoms with Crippen molar-refractivity contribution in [3.8, 4) is 0 Å². The predicted octanol–water partition coefficient (Wildman–Crippen LogP) is 1.69. The van der Waals surface area contributed by atoms with E-state index in [0.29, 0.717) is 11.7 Å². The highest BCUT2D eigenvalue weighted by molar-refractivity contribution is 5.41. The van der Waals surface area contributed by atoms with Gasteiger partial charge in [-0.1, -0.05) is 0 Å². The zero-order valence-electron chi connectivity index (χ0n) is 12.6. The summed E-state index contributed by atoms with van der Waals surface area (Å²) in [5.74, 6) is 1.28. The van der Waals surface area contributed by atoms with Crippen LogP contribution in [0.4, 0.5) is 11.8 Å². The second-order valence-corrected chi connectivity index (χ2v) is 6.77. The Bertz CT molecular complexity index is 481. The number of hydrogen-bond donors (Lipinski definition) is 2. The molecule has 19 heavy (non-hydrogen) atoms. The maximum absolute atomic E-state index is 5.95. The van der Waals surface area contributed by atoms with Crippen LogP contribution in [0.15, 0.2) is 6.20 Å². The Hall–Kier alpha value is -1.36. The van der Waals surface area contributed by atoms with Crippen molar-refractivity contribution in [2.24, 2.45) is 5.92 Å². The molecule has 4 N–H and O–H groups in total. The molecule has 0 aromatic carbocycles. The van der Waals surface area contributed by atoms with Crippen molar-refractivity contribution in [2.75, 3.05) is 18.5 Å². The minimum atomic E-state index is 0.136. The van der Waals surface area contributed by atoms with Gasteiger partial charge in [0.1, 0.15) is 5.82 Å². The Morgan fingerprint density at radius 2 is 1.95 bits per heavy atom. The number of anilines is 2. The molecule has 0 amide bonds. The molecule has 1 aliphatic rings. The Labute approximate surface area is 115 Å². The number of likely N-dealkylation sites (tertiary alicyclic amines) is 1. The first-order valence-electron chi connectivity index (χ1n) is 6.75. The first-order chi connectivity index (χ1) is 8.64. The van der Waals surface area contributed by atoms with Gasteiger partial charge in [0.25, 0.3) is 0 Å². The third kappa shape index (κ3) is 2.39. The molecule has 5 nitrogen and oxygen atoms in total. The zero-order chi connectivity index (χ0) is 14.4. The molecule has 1 unspecified atom stereocenters. The molecule has 106 valence electrons. The molecular weight excluding hydrogens is 238 g/mol. The molecule has 1 atom stereocenters. The lowest BCUT2D eigenvalue weighted by Crippen LogP contribution is -2.47. The summed E-state index contributed by atoms with van der Waals surface area (Å²) in [6.07, 6.45) is 3.80. The molecule has 0 spiro atoms. The van der Waals surface area contributed by atoms with E-state index in [0.717, 1.165) is 18.4 Å². The van der Waals surface area contributed by atoms with Crippen molar-refractivity contribution in [2.45, 2.75) is 51.6 Å². The van der Waals surface area contributed by atoms with Crippen molar-refractivity contribution in [3.63, 3.8) is 0 Å². The number of nitrogen functional groups attached to an aromatic ring is 2. The smallest absolute Gasteiger partial charge is 0.221 e. The first-order valence-corrected chi connectivity index (χ1v) is 6.75. The molecule has 1 aromatic rings. The minimum absolute atomic E-state index is 0.136. The van der Waals surface area contributed by atoms with Crippen molar-refractivity contribution in [3.05, 3.63) is 11.8 Å². The molecule has 2 rings (SSSR count). The average molecular weight is 263 g/mol. The molecule has 5 heteroatoms. The van der Waals surface area contributed by atoms with Crippen molar-refractivity contribution in [1.82, 2.24) is 14.9 Å². The molecule has 0 radical (unpaired) electrons. The largest absolute Gasteiger partial charge is 0.383 e. The van der Waals surface area contributed by atoms with Crippen LogP contribution in [0.25, 0.3) is 0 Å². The third-order valence-corrected chi connectivity index (χ3v) is 4.90. The molecule has 1 aromatic heterocycles. The molecule has 2 heterocycles. The van der Waals surface area contributed by atoms with Gasteiger partial charge in [-0.2, -0.15) is 4.98 Å². The molecule has 0 aliphatic carbocycles. The van der Waals surface area contributed by atoms with Gasteiger partial charge in [-0.05, 0) is 53.5 Å². The van der Waals surface area contributed by atoms with E-state index in [1.165, 1.54) is 0 Å². The Balaban J connectivity index is 2.24. The second-order valence-electron chi connectivity index (χ2n) is 6.77. The highest BCUT2D eigenvalue weighted by atomic mass is 15.3. The van der Waals surface area contributed by atoms with E-state index in [-0.39, 0.29) is 17.0 Å². The van der Waals surface area contributed by atoms with Crippen LogP contribution in [0.2, 0.25) is 0 Å². The normalized spacial score (nSPS) is 25.6. The van der Waals surface area contributed by atoms with Gasteiger partial charge in [-0.3, -0.25) is 4.90 Å². The van der Waals surface area contributed by atoms with Gasteiger partial charge in [0.15, 0.2) is 0 Å². The Kier molecular flexibility index (Phi) is 3.21. The summed E-state index contributed by atoms with van der Waals surface area (Å²) in [6.45, 7) is 9.16. The molecule has 0 bridgehead atoms. The number of hydrogen-bond acceptors (Lipinski definition) is 5. The quantitative estimate of drug-likeness (QED) is 0.848. The van der Waals surface area contributed by atoms with Crippen LogP contribution < -0.4 is 11.5 Å². The van der Waals surface area contributed by atoms with Gasteiger partial charge in [-0.15, -0.1) is 0 Å². The summed E-state index contributed by atoms with van der Waals surface area (Å²) in [4.78, 5) is 10.6. The fraction of sp³-hybridized carbons (Fsp3) is 0.714. The predicted molar refractivity (Wildman–Crippen MR) is 78.6 cm³/mol. The van der Waals surface area contributed by atoms with Gasteiger partial charge in [0.2, 0.25) is 5.95 Å². The first kappa shape index (κ1) is 14.1. The monoisotopic (exact) mass is 263 g/mol. The summed E-state index contributed by atoms with van der Waals surface area (Å²) in [6, 6.07) is 0. The van der Waals surface area contributed by atoms with E-state index in [4.69, 9.17) is 11.5 Å². The van der Waals surface area contributed by atoms with E-state index in [1.807, 2.05) is 0 Å². The number of nitrogens with zero attached hydrogens (tertiary/aromatic N) is 3. The lowest BCUT2D eigenvalue weighted by molar-refractivity contribution is 0.0999. The van der Waals surface area contributed by atoms with Gasteiger partial charge in [0.05, 0.1) is 0 Å².